The summed E-state index contributed by atoms with van der Waals surface area (Å²) < 4.78 is 15.1. The molecule has 0 fully saturated rings. The van der Waals surface area contributed by atoms with Crippen molar-refractivity contribution < 1.29 is 14.3 Å². The molecule has 0 unspecified atom stereocenters. The van der Waals surface area contributed by atoms with Crippen LogP contribution in [0.3, 0.4) is 0 Å². The lowest BCUT2D eigenvalue weighted by molar-refractivity contribution is 0.0817. The fourth-order valence-electron chi connectivity index (χ4n) is 4.31. The molecule has 4 aromatic rings. The lowest BCUT2D eigenvalue weighted by Gasteiger charge is -2.17. The van der Waals surface area contributed by atoms with E-state index in [0.29, 0.717) is 65.5 Å². The maximum absolute atomic E-state index is 13.0. The van der Waals surface area contributed by atoms with E-state index in [1.54, 1.807) is 34.9 Å². The molecule has 1 aromatic carbocycles. The van der Waals surface area contributed by atoms with E-state index in [0.717, 1.165) is 17.1 Å². The molecule has 10 nitrogen and oxygen atoms in total. The first kappa shape index (κ1) is 25.2. The molecule has 0 atom stereocenters. The first-order valence-corrected chi connectivity index (χ1v) is 16.2. The normalized spacial score (nSPS) is 13.5. The number of hydrogen-bond donors (Lipinski definition) is 2. The van der Waals surface area contributed by atoms with Crippen LogP contribution in [0.25, 0.3) is 22.3 Å². The summed E-state index contributed by atoms with van der Waals surface area (Å²) in [5.41, 5.74) is 4.50. The number of hydrogen-bond acceptors (Lipinski definition) is 7. The number of nitrogens with one attached hydrogen (secondary N) is 2. The summed E-state index contributed by atoms with van der Waals surface area (Å²) in [5.74, 6) is 0.272. The summed E-state index contributed by atoms with van der Waals surface area (Å²) in [5, 5.41) is 16.2. The quantitative estimate of drug-likeness (QED) is 0.233. The minimum atomic E-state index is -1.21. The highest BCUT2D eigenvalue weighted by atomic mass is 35.5. The van der Waals surface area contributed by atoms with Gasteiger partial charge in [0.2, 0.25) is 0 Å². The molecule has 5 rings (SSSR count). The van der Waals surface area contributed by atoms with Crippen molar-refractivity contribution in [2.75, 3.05) is 25.6 Å². The molecule has 3 aromatic heterocycles. The molecule has 0 radical (unpaired) electrons. The van der Waals surface area contributed by atoms with Crippen molar-refractivity contribution in [2.45, 2.75) is 39.0 Å². The predicted octanol–water partition coefficient (Wildman–Crippen LogP) is 4.76. The number of benzene rings is 1. The largest absolute Gasteiger partial charge is 0.493 e. The van der Waals surface area contributed by atoms with Crippen LogP contribution in [0.4, 0.5) is 11.4 Å². The van der Waals surface area contributed by atoms with Gasteiger partial charge in [-0.15, -0.1) is 0 Å². The van der Waals surface area contributed by atoms with Gasteiger partial charge in [-0.25, -0.2) is 4.68 Å². The van der Waals surface area contributed by atoms with Gasteiger partial charge >= 0.3 is 0 Å². The minimum absolute atomic E-state index is 0.206. The Hall–Kier alpha value is -3.41. The summed E-state index contributed by atoms with van der Waals surface area (Å²) in [6, 6.07) is 8.36. The van der Waals surface area contributed by atoms with Gasteiger partial charge in [0.1, 0.15) is 23.6 Å². The Kier molecular flexibility index (Phi) is 6.93. The third kappa shape index (κ3) is 5.06. The molecule has 4 heterocycles. The van der Waals surface area contributed by atoms with Gasteiger partial charge in [-0.2, -0.15) is 10.2 Å². The third-order valence-electron chi connectivity index (χ3n) is 6.20. The fourth-order valence-corrected chi connectivity index (χ4v) is 5.31. The fraction of sp³-hybridized carbons (Fsp3) is 0.360. The van der Waals surface area contributed by atoms with Gasteiger partial charge in [0.25, 0.3) is 5.91 Å². The number of fused-ring (bicyclic) bond motifs is 2. The molecule has 0 bridgehead atoms. The SMILES string of the molecule is COc1c(Cl)cccc1Nc1c(-c2ccnc3cnn(COCC[Si](C)(C)C)c23)nn2c1C(=O)NCC2. The van der Waals surface area contributed by atoms with Crippen molar-refractivity contribution in [2.24, 2.45) is 0 Å². The van der Waals surface area contributed by atoms with Crippen molar-refractivity contribution in [3.05, 3.63) is 47.4 Å². The highest BCUT2D eigenvalue weighted by Crippen LogP contribution is 2.40. The van der Waals surface area contributed by atoms with Gasteiger partial charge < -0.3 is 20.1 Å². The Bertz CT molecular complexity index is 1460. The molecule has 194 valence electrons. The van der Waals surface area contributed by atoms with Crippen molar-refractivity contribution in [1.82, 2.24) is 29.9 Å². The number of aromatic nitrogens is 5. The number of carbonyl (C=O) groups excluding carboxylic acids is 1. The number of anilines is 2. The maximum Gasteiger partial charge on any atom is 0.271 e. The summed E-state index contributed by atoms with van der Waals surface area (Å²) in [6.07, 6.45) is 3.44. The number of pyridine rings is 1. The number of para-hydroxylation sites is 1. The lowest BCUT2D eigenvalue weighted by Crippen LogP contribution is -2.35. The Morgan fingerprint density at radius 1 is 1.24 bits per heavy atom. The number of halogens is 1. The van der Waals surface area contributed by atoms with E-state index in [2.05, 4.69) is 40.4 Å². The Morgan fingerprint density at radius 2 is 2.08 bits per heavy atom. The van der Waals surface area contributed by atoms with Crippen LogP contribution in [0.2, 0.25) is 30.7 Å². The smallest absolute Gasteiger partial charge is 0.271 e. The van der Waals surface area contributed by atoms with Crippen LogP contribution in [0.15, 0.2) is 36.7 Å². The van der Waals surface area contributed by atoms with E-state index in [1.807, 2.05) is 18.2 Å². The zero-order valence-electron chi connectivity index (χ0n) is 21.3. The zero-order chi connectivity index (χ0) is 26.2. The standard InChI is InChI=1S/C25H30ClN7O3Si/c1-35-24-17(26)6-5-7-18(24)30-21-20(31-32-11-10-28-25(34)23(21)32)16-8-9-27-19-14-29-33(22(16)19)15-36-12-13-37(2,3)4/h5-9,14,30H,10-13,15H2,1-4H3,(H,28,34). The monoisotopic (exact) mass is 539 g/mol. The molecule has 0 aliphatic carbocycles. The molecule has 0 saturated heterocycles. The first-order chi connectivity index (χ1) is 17.8. The number of amides is 1. The van der Waals surface area contributed by atoms with Crippen LogP contribution in [-0.4, -0.2) is 58.8 Å². The molecular formula is C25H30ClN7O3Si. The number of rotatable bonds is 9. The van der Waals surface area contributed by atoms with E-state index in [4.69, 9.17) is 26.2 Å². The average Bonchev–Trinajstić information content (AvgIpc) is 3.44. The summed E-state index contributed by atoms with van der Waals surface area (Å²) in [4.78, 5) is 17.5. The van der Waals surface area contributed by atoms with Gasteiger partial charge in [-0.1, -0.05) is 37.3 Å². The Balaban J connectivity index is 1.60. The maximum atomic E-state index is 13.0. The van der Waals surface area contributed by atoms with Gasteiger partial charge in [0.05, 0.1) is 41.8 Å². The second-order valence-electron chi connectivity index (χ2n) is 10.1. The molecule has 12 heteroatoms. The zero-order valence-corrected chi connectivity index (χ0v) is 23.1. The summed E-state index contributed by atoms with van der Waals surface area (Å²) >= 11 is 6.37. The summed E-state index contributed by atoms with van der Waals surface area (Å²) in [7, 11) is 0.345. The number of ether oxygens (including phenoxy) is 2. The predicted molar refractivity (Wildman–Crippen MR) is 146 cm³/mol. The Labute approximate surface area is 220 Å². The average molecular weight is 540 g/mol. The molecule has 37 heavy (non-hydrogen) atoms. The molecule has 1 aliphatic heterocycles. The number of nitrogens with zero attached hydrogens (tertiary/aromatic N) is 5. The Morgan fingerprint density at radius 3 is 2.86 bits per heavy atom. The molecule has 1 amide bonds. The lowest BCUT2D eigenvalue weighted by atomic mass is 10.1. The van der Waals surface area contributed by atoms with Gasteiger partial charge in [0, 0.05) is 33.0 Å². The second-order valence-corrected chi connectivity index (χ2v) is 16.1. The number of carbonyl (C=O) groups is 1. The van der Waals surface area contributed by atoms with Crippen LogP contribution in [0, 0.1) is 0 Å². The van der Waals surface area contributed by atoms with Crippen molar-refractivity contribution in [1.29, 1.82) is 0 Å². The number of methoxy groups -OCH3 is 1. The van der Waals surface area contributed by atoms with Gasteiger partial charge in [-0.3, -0.25) is 14.5 Å². The molecular weight excluding hydrogens is 510 g/mol. The molecule has 1 aliphatic rings. The van der Waals surface area contributed by atoms with Crippen molar-refractivity contribution in [3.63, 3.8) is 0 Å². The molecule has 0 saturated carbocycles. The minimum Gasteiger partial charge on any atom is -0.493 e. The van der Waals surface area contributed by atoms with Crippen LogP contribution in [-0.2, 0) is 18.0 Å². The van der Waals surface area contributed by atoms with E-state index in [-0.39, 0.29) is 5.91 Å². The van der Waals surface area contributed by atoms with Crippen LogP contribution in [0.1, 0.15) is 10.5 Å². The molecule has 2 N–H and O–H groups in total. The van der Waals surface area contributed by atoms with Gasteiger partial charge in [0.15, 0.2) is 5.75 Å². The van der Waals surface area contributed by atoms with E-state index >= 15 is 0 Å². The van der Waals surface area contributed by atoms with Crippen molar-refractivity contribution in [3.8, 4) is 17.0 Å². The molecule has 0 spiro atoms. The van der Waals surface area contributed by atoms with Crippen molar-refractivity contribution >= 4 is 48.0 Å². The van der Waals surface area contributed by atoms with Crippen LogP contribution in [0.5, 0.6) is 5.75 Å². The first-order valence-electron chi connectivity index (χ1n) is 12.1. The second kappa shape index (κ2) is 10.2. The van der Waals surface area contributed by atoms with Crippen LogP contribution >= 0.6 is 11.6 Å². The highest BCUT2D eigenvalue weighted by molar-refractivity contribution is 6.76. The topological polar surface area (TPSA) is 108 Å². The highest BCUT2D eigenvalue weighted by Gasteiger charge is 2.29. The third-order valence-corrected chi connectivity index (χ3v) is 8.20. The van der Waals surface area contributed by atoms with E-state index in [9.17, 15) is 4.79 Å². The summed E-state index contributed by atoms with van der Waals surface area (Å²) in [6.45, 7) is 8.99. The van der Waals surface area contributed by atoms with E-state index < -0.39 is 8.07 Å². The van der Waals surface area contributed by atoms with Crippen LogP contribution < -0.4 is 15.4 Å². The van der Waals surface area contributed by atoms with E-state index in [1.165, 1.54) is 0 Å². The van der Waals surface area contributed by atoms with Gasteiger partial charge in [-0.05, 0) is 24.2 Å².